The predicted molar refractivity (Wildman–Crippen MR) is 143 cm³/mol. The number of amides is 4. The fourth-order valence-corrected chi connectivity index (χ4v) is 4.44. The van der Waals surface area contributed by atoms with Gasteiger partial charge in [-0.2, -0.15) is 0 Å². The number of anilines is 2. The van der Waals surface area contributed by atoms with Crippen LogP contribution in [0.4, 0.5) is 11.4 Å². The summed E-state index contributed by atoms with van der Waals surface area (Å²) in [5, 5.41) is 23.1. The number of carbonyl (C=O) groups is 6. The van der Waals surface area contributed by atoms with Crippen LogP contribution in [0.5, 0.6) is 5.75 Å². The van der Waals surface area contributed by atoms with E-state index in [0.717, 1.165) is 17.0 Å². The molecule has 1 aliphatic rings. The lowest BCUT2D eigenvalue weighted by Gasteiger charge is -2.25. The minimum absolute atomic E-state index is 0.0936. The number of rotatable bonds is 10. The number of aromatic hydroxyl groups is 1. The number of ether oxygens (including phenoxy) is 1. The molecule has 0 radical (unpaired) electrons. The van der Waals surface area contributed by atoms with E-state index < -0.39 is 60.4 Å². The number of benzene rings is 2. The summed E-state index contributed by atoms with van der Waals surface area (Å²) >= 11 is 11.8. The summed E-state index contributed by atoms with van der Waals surface area (Å²) in [5.41, 5.74) is 0.278. The topological polar surface area (TPSA) is 183 Å². The Hall–Kier alpha value is -4.20. The highest BCUT2D eigenvalue weighted by Gasteiger charge is 2.38. The molecule has 0 fully saturated rings. The number of carboxylic acids is 1. The van der Waals surface area contributed by atoms with Crippen LogP contribution in [0.1, 0.15) is 16.8 Å². The summed E-state index contributed by atoms with van der Waals surface area (Å²) in [7, 11) is 1.31. The van der Waals surface area contributed by atoms with Crippen molar-refractivity contribution >= 4 is 70.5 Å². The smallest absolute Gasteiger partial charge is 0.305 e. The molecule has 2 aromatic carbocycles. The van der Waals surface area contributed by atoms with Crippen LogP contribution in [0.25, 0.3) is 0 Å². The zero-order chi connectivity index (χ0) is 29.6. The monoisotopic (exact) mass is 594 g/mol. The largest absolute Gasteiger partial charge is 0.505 e. The van der Waals surface area contributed by atoms with Gasteiger partial charge in [0, 0.05) is 12.7 Å². The first-order valence-electron chi connectivity index (χ1n) is 11.6. The number of phenols is 1. The molecule has 2 aromatic rings. The van der Waals surface area contributed by atoms with Gasteiger partial charge in [0.1, 0.15) is 25.5 Å². The molecule has 40 heavy (non-hydrogen) atoms. The van der Waals surface area contributed by atoms with Gasteiger partial charge in [0.25, 0.3) is 17.7 Å². The lowest BCUT2D eigenvalue weighted by Crippen LogP contribution is -2.55. The van der Waals surface area contributed by atoms with E-state index in [0.29, 0.717) is 0 Å². The lowest BCUT2D eigenvalue weighted by atomic mass is 10.1. The Kier molecular flexibility index (Phi) is 10.0. The van der Waals surface area contributed by atoms with Crippen LogP contribution < -0.4 is 20.4 Å². The van der Waals surface area contributed by atoms with Crippen molar-refractivity contribution in [3.63, 3.8) is 0 Å². The number of carboxylic acid groups (broad SMARTS) is 1. The number of phenolic OH excluding ortho intramolecular Hbond substituents is 1. The third-order valence-corrected chi connectivity index (χ3v) is 6.33. The molecule has 13 nitrogen and oxygen atoms in total. The van der Waals surface area contributed by atoms with Crippen LogP contribution in [0, 0.1) is 0 Å². The maximum Gasteiger partial charge on any atom is 0.305 e. The van der Waals surface area contributed by atoms with Crippen LogP contribution in [-0.2, 0) is 28.7 Å². The number of methoxy groups -OCH3 is 1. The van der Waals surface area contributed by atoms with Crippen LogP contribution in [-0.4, -0.2) is 85.0 Å². The van der Waals surface area contributed by atoms with Crippen molar-refractivity contribution in [3.8, 4) is 5.75 Å². The van der Waals surface area contributed by atoms with Gasteiger partial charge in [0.15, 0.2) is 5.75 Å². The molecule has 0 bridgehead atoms. The zero-order valence-corrected chi connectivity index (χ0v) is 22.4. The molecular weight excluding hydrogens is 571 g/mol. The molecule has 0 unspecified atom stereocenters. The molecule has 0 aromatic heterocycles. The molecule has 0 spiro atoms. The molecule has 2 atom stereocenters. The summed E-state index contributed by atoms with van der Waals surface area (Å²) in [4.78, 5) is 77.1. The Morgan fingerprint density at radius 2 is 1.77 bits per heavy atom. The van der Waals surface area contributed by atoms with E-state index in [9.17, 15) is 33.9 Å². The van der Waals surface area contributed by atoms with Crippen molar-refractivity contribution in [1.29, 1.82) is 0 Å². The summed E-state index contributed by atoms with van der Waals surface area (Å²) in [5.74, 6) is -4.78. The number of carbonyl (C=O) groups excluding carboxylic acids is 5. The second-order valence-electron chi connectivity index (χ2n) is 8.57. The number of halogens is 2. The fourth-order valence-electron chi connectivity index (χ4n) is 3.95. The molecular formula is C25H24Cl2N4O9. The number of nitrogens with one attached hydrogen (secondary N) is 2. The van der Waals surface area contributed by atoms with Crippen molar-refractivity contribution in [3.05, 3.63) is 52.0 Å². The number of aldehydes is 1. The van der Waals surface area contributed by atoms with Gasteiger partial charge in [-0.25, -0.2) is 0 Å². The van der Waals surface area contributed by atoms with Crippen molar-refractivity contribution in [2.45, 2.75) is 18.5 Å². The van der Waals surface area contributed by atoms with Crippen molar-refractivity contribution < 1.29 is 43.7 Å². The Morgan fingerprint density at radius 1 is 1.15 bits per heavy atom. The van der Waals surface area contributed by atoms with Crippen LogP contribution >= 0.6 is 23.2 Å². The SMILES string of the molecule is COCC(=O)N1C[C@H](NC(=O)c2cc(Cl)c(O)c(Cl)c2)C(=O)N(CC(=O)N[C@H](C=O)CC(=O)O)c2ccccc21. The molecule has 1 aliphatic heterocycles. The molecule has 0 saturated heterocycles. The van der Waals surface area contributed by atoms with Crippen molar-refractivity contribution in [2.24, 2.45) is 0 Å². The van der Waals surface area contributed by atoms with Gasteiger partial charge >= 0.3 is 5.97 Å². The number of nitrogens with zero attached hydrogens (tertiary/aromatic N) is 2. The highest BCUT2D eigenvalue weighted by molar-refractivity contribution is 6.37. The van der Waals surface area contributed by atoms with Crippen LogP contribution in [0.3, 0.4) is 0 Å². The van der Waals surface area contributed by atoms with E-state index in [1.807, 2.05) is 0 Å². The molecule has 212 valence electrons. The van der Waals surface area contributed by atoms with E-state index in [-0.39, 0.29) is 46.4 Å². The van der Waals surface area contributed by atoms with Crippen molar-refractivity contribution in [2.75, 3.05) is 36.6 Å². The number of aliphatic carboxylic acids is 1. The van der Waals surface area contributed by atoms with E-state index in [1.165, 1.54) is 24.1 Å². The molecule has 0 saturated carbocycles. The number of hydrogen-bond donors (Lipinski definition) is 4. The van der Waals surface area contributed by atoms with E-state index in [2.05, 4.69) is 10.6 Å². The molecule has 4 amide bonds. The van der Waals surface area contributed by atoms with Crippen molar-refractivity contribution in [1.82, 2.24) is 10.6 Å². The van der Waals surface area contributed by atoms with Crippen LogP contribution in [0.15, 0.2) is 36.4 Å². The normalized spacial score (nSPS) is 15.5. The minimum Gasteiger partial charge on any atom is -0.505 e. The first kappa shape index (κ1) is 30.3. The Morgan fingerprint density at radius 3 is 2.35 bits per heavy atom. The zero-order valence-electron chi connectivity index (χ0n) is 20.9. The molecule has 15 heteroatoms. The maximum atomic E-state index is 13.8. The van der Waals surface area contributed by atoms with Gasteiger partial charge in [-0.3, -0.25) is 28.9 Å². The molecule has 1 heterocycles. The molecule has 0 aliphatic carbocycles. The molecule has 4 N–H and O–H groups in total. The van der Waals surface area contributed by atoms with Gasteiger partial charge in [-0.05, 0) is 24.3 Å². The van der Waals surface area contributed by atoms with Crippen LogP contribution in [0.2, 0.25) is 10.0 Å². The average molecular weight is 595 g/mol. The van der Waals surface area contributed by atoms with Gasteiger partial charge in [-0.15, -0.1) is 0 Å². The van der Waals surface area contributed by atoms with Gasteiger partial charge in [-0.1, -0.05) is 35.3 Å². The highest BCUT2D eigenvalue weighted by atomic mass is 35.5. The maximum absolute atomic E-state index is 13.8. The Bertz CT molecular complexity index is 1330. The number of hydrogen-bond acceptors (Lipinski definition) is 8. The second-order valence-corrected chi connectivity index (χ2v) is 9.39. The number of para-hydroxylation sites is 2. The fraction of sp³-hybridized carbons (Fsp3) is 0.280. The van der Waals surface area contributed by atoms with E-state index in [4.69, 9.17) is 33.0 Å². The summed E-state index contributed by atoms with van der Waals surface area (Å²) in [6.45, 7) is -1.38. The first-order valence-corrected chi connectivity index (χ1v) is 12.4. The van der Waals surface area contributed by atoms with E-state index in [1.54, 1.807) is 12.1 Å². The average Bonchev–Trinajstić information content (AvgIpc) is 3.01. The molecule has 3 rings (SSSR count). The Balaban J connectivity index is 2.00. The van der Waals surface area contributed by atoms with E-state index >= 15 is 0 Å². The minimum atomic E-state index is -1.40. The summed E-state index contributed by atoms with van der Waals surface area (Å²) in [6, 6.07) is 5.69. The first-order chi connectivity index (χ1) is 19.0. The number of fused-ring (bicyclic) bond motifs is 1. The lowest BCUT2D eigenvalue weighted by molar-refractivity contribution is -0.139. The predicted octanol–water partition coefficient (Wildman–Crippen LogP) is 0.982. The quantitative estimate of drug-likeness (QED) is 0.291. The highest BCUT2D eigenvalue weighted by Crippen LogP contribution is 2.34. The second kappa shape index (κ2) is 13.2. The summed E-state index contributed by atoms with van der Waals surface area (Å²) < 4.78 is 4.97. The summed E-state index contributed by atoms with van der Waals surface area (Å²) in [6.07, 6.45) is -0.415. The Labute approximate surface area is 237 Å². The van der Waals surface area contributed by atoms with Gasteiger partial charge < -0.3 is 35.3 Å². The third kappa shape index (κ3) is 7.05. The third-order valence-electron chi connectivity index (χ3n) is 5.75. The standard InChI is InChI=1S/C25H24Cl2N4O9/c1-40-12-21(34)30-9-17(29-24(38)13-6-15(26)23(37)16(27)7-13)25(39)31(19-5-3-2-4-18(19)30)10-20(33)28-14(11-32)8-22(35)36/h2-7,11,14,17,37H,8-10,12H2,1H3,(H,28,33)(H,29,38)(H,35,36)/t14-,17-/m0/s1. The van der Waals surface area contributed by atoms with Gasteiger partial charge in [0.2, 0.25) is 5.91 Å². The van der Waals surface area contributed by atoms with Gasteiger partial charge in [0.05, 0.1) is 40.4 Å².